The van der Waals surface area contributed by atoms with Gasteiger partial charge < -0.3 is 14.8 Å². The van der Waals surface area contributed by atoms with Gasteiger partial charge in [0.1, 0.15) is 11.9 Å². The smallest absolute Gasteiger partial charge is 0.408 e. The summed E-state index contributed by atoms with van der Waals surface area (Å²) >= 11 is 0. The fourth-order valence-corrected chi connectivity index (χ4v) is 3.07. The molecule has 0 saturated heterocycles. The first-order valence-electron chi connectivity index (χ1n) is 6.80. The van der Waals surface area contributed by atoms with E-state index in [-0.39, 0.29) is 11.0 Å². The molecule has 0 atom stereocenters. The van der Waals surface area contributed by atoms with Crippen LogP contribution in [0.5, 0.6) is 0 Å². The van der Waals surface area contributed by atoms with Crippen LogP contribution in [-0.4, -0.2) is 23.5 Å². The Morgan fingerprint density at radius 2 is 1.72 bits per heavy atom. The summed E-state index contributed by atoms with van der Waals surface area (Å²) in [5.41, 5.74) is -1.17. The fourth-order valence-electron chi connectivity index (χ4n) is 3.07. The molecule has 0 aliphatic heterocycles. The maximum Gasteiger partial charge on any atom is 0.408 e. The molecule has 2 saturated carbocycles. The number of aldehydes is 1. The number of hydrogen-bond donors (Lipinski definition) is 1. The van der Waals surface area contributed by atoms with Crippen molar-refractivity contribution in [3.63, 3.8) is 0 Å². The molecule has 1 N–H and O–H groups in total. The van der Waals surface area contributed by atoms with Crippen LogP contribution in [0.1, 0.15) is 59.3 Å². The molecular formula is C14H23NO3. The first-order valence-corrected chi connectivity index (χ1v) is 6.80. The van der Waals surface area contributed by atoms with Crippen molar-refractivity contribution in [2.45, 2.75) is 70.4 Å². The van der Waals surface area contributed by atoms with Gasteiger partial charge in [0.05, 0.1) is 5.54 Å². The van der Waals surface area contributed by atoms with E-state index in [0.29, 0.717) is 0 Å². The molecule has 0 aromatic heterocycles. The van der Waals surface area contributed by atoms with Crippen molar-refractivity contribution >= 4 is 12.4 Å². The van der Waals surface area contributed by atoms with Crippen molar-refractivity contribution in [2.75, 3.05) is 0 Å². The van der Waals surface area contributed by atoms with E-state index in [1.54, 1.807) is 0 Å². The van der Waals surface area contributed by atoms with Gasteiger partial charge in [-0.25, -0.2) is 4.79 Å². The van der Waals surface area contributed by atoms with Gasteiger partial charge in [-0.2, -0.15) is 0 Å². The summed E-state index contributed by atoms with van der Waals surface area (Å²) in [5, 5.41) is 3.01. The van der Waals surface area contributed by atoms with E-state index in [1.165, 1.54) is 0 Å². The molecule has 2 fully saturated rings. The molecule has 1 amide bonds. The maximum absolute atomic E-state index is 12.0. The molecule has 0 radical (unpaired) electrons. The molecule has 2 aliphatic carbocycles. The third-order valence-electron chi connectivity index (χ3n) is 4.16. The van der Waals surface area contributed by atoms with Crippen LogP contribution in [0.4, 0.5) is 4.79 Å². The molecule has 0 unspecified atom stereocenters. The highest BCUT2D eigenvalue weighted by molar-refractivity contribution is 5.73. The van der Waals surface area contributed by atoms with Gasteiger partial charge in [-0.05, 0) is 46.5 Å². The highest BCUT2D eigenvalue weighted by atomic mass is 16.6. The monoisotopic (exact) mass is 253 g/mol. The number of ether oxygens (including phenoxy) is 1. The summed E-state index contributed by atoms with van der Waals surface area (Å²) in [4.78, 5) is 23.3. The Labute approximate surface area is 108 Å². The van der Waals surface area contributed by atoms with Gasteiger partial charge in [-0.15, -0.1) is 0 Å². The SMILES string of the molecule is CC(C)(C)OC(=O)NC1(C2(C=O)CC2)CCCC1. The molecule has 0 aromatic carbocycles. The highest BCUT2D eigenvalue weighted by Crippen LogP contribution is 2.58. The van der Waals surface area contributed by atoms with E-state index in [4.69, 9.17) is 4.74 Å². The minimum Gasteiger partial charge on any atom is -0.444 e. The van der Waals surface area contributed by atoms with Crippen LogP contribution >= 0.6 is 0 Å². The Balaban J connectivity index is 2.08. The maximum atomic E-state index is 12.0. The summed E-state index contributed by atoms with van der Waals surface area (Å²) in [5.74, 6) is 0. The normalized spacial score (nSPS) is 24.4. The van der Waals surface area contributed by atoms with Gasteiger partial charge in [0.15, 0.2) is 0 Å². The standard InChI is InChI=1S/C14H23NO3/c1-12(2,3)18-11(17)15-14(6-4-5-7-14)13(10-16)8-9-13/h10H,4-9H2,1-3H3,(H,15,17). The van der Waals surface area contributed by atoms with Crippen LogP contribution in [0.3, 0.4) is 0 Å². The van der Waals surface area contributed by atoms with Crippen molar-refractivity contribution in [2.24, 2.45) is 5.41 Å². The van der Waals surface area contributed by atoms with Gasteiger partial charge in [-0.1, -0.05) is 12.8 Å². The Kier molecular flexibility index (Phi) is 3.16. The molecule has 0 bridgehead atoms. The molecule has 0 spiro atoms. The predicted molar refractivity (Wildman–Crippen MR) is 68.3 cm³/mol. The lowest BCUT2D eigenvalue weighted by Crippen LogP contribution is -2.54. The number of carbonyl (C=O) groups is 2. The van der Waals surface area contributed by atoms with Crippen LogP contribution in [0.15, 0.2) is 0 Å². The third-order valence-corrected chi connectivity index (χ3v) is 4.16. The van der Waals surface area contributed by atoms with Gasteiger partial charge in [0, 0.05) is 5.41 Å². The zero-order chi connectivity index (χ0) is 13.4. The van der Waals surface area contributed by atoms with E-state index < -0.39 is 11.7 Å². The Morgan fingerprint density at radius 3 is 2.11 bits per heavy atom. The predicted octanol–water partition coefficient (Wildman–Crippen LogP) is 2.80. The van der Waals surface area contributed by atoms with E-state index in [9.17, 15) is 9.59 Å². The number of rotatable bonds is 3. The van der Waals surface area contributed by atoms with Crippen molar-refractivity contribution < 1.29 is 14.3 Å². The summed E-state index contributed by atoms with van der Waals surface area (Å²) in [6.45, 7) is 5.54. The molecule has 2 rings (SSSR count). The number of carbonyl (C=O) groups excluding carboxylic acids is 2. The molecule has 4 heteroatoms. The van der Waals surface area contributed by atoms with E-state index >= 15 is 0 Å². The van der Waals surface area contributed by atoms with Gasteiger partial charge in [0.25, 0.3) is 0 Å². The van der Waals surface area contributed by atoms with Crippen molar-refractivity contribution in [3.8, 4) is 0 Å². The second-order valence-corrected chi connectivity index (χ2v) is 6.69. The first-order chi connectivity index (χ1) is 8.33. The largest absolute Gasteiger partial charge is 0.444 e. The van der Waals surface area contributed by atoms with Crippen LogP contribution in [0.25, 0.3) is 0 Å². The molecule has 0 heterocycles. The van der Waals surface area contributed by atoms with E-state index in [2.05, 4.69) is 5.32 Å². The topological polar surface area (TPSA) is 55.4 Å². The van der Waals surface area contributed by atoms with Crippen LogP contribution in [-0.2, 0) is 9.53 Å². The van der Waals surface area contributed by atoms with Crippen molar-refractivity contribution in [1.29, 1.82) is 0 Å². The second-order valence-electron chi connectivity index (χ2n) is 6.69. The first kappa shape index (κ1) is 13.4. The Morgan fingerprint density at radius 1 is 1.17 bits per heavy atom. The highest BCUT2D eigenvalue weighted by Gasteiger charge is 2.61. The lowest BCUT2D eigenvalue weighted by molar-refractivity contribution is -0.114. The molecule has 18 heavy (non-hydrogen) atoms. The third kappa shape index (κ3) is 2.38. The summed E-state index contributed by atoms with van der Waals surface area (Å²) < 4.78 is 5.33. The van der Waals surface area contributed by atoms with Crippen molar-refractivity contribution in [1.82, 2.24) is 5.32 Å². The summed E-state index contributed by atoms with van der Waals surface area (Å²) in [7, 11) is 0. The molecule has 102 valence electrons. The number of nitrogens with one attached hydrogen (secondary N) is 1. The number of hydrogen-bond acceptors (Lipinski definition) is 3. The zero-order valence-electron chi connectivity index (χ0n) is 11.5. The minimum absolute atomic E-state index is 0.319. The van der Waals surface area contributed by atoms with Crippen LogP contribution < -0.4 is 5.32 Å². The Bertz CT molecular complexity index is 347. The number of amides is 1. The van der Waals surface area contributed by atoms with Crippen LogP contribution in [0, 0.1) is 5.41 Å². The minimum atomic E-state index is -0.498. The fraction of sp³-hybridized carbons (Fsp3) is 0.857. The van der Waals surface area contributed by atoms with Gasteiger partial charge in [0.2, 0.25) is 0 Å². The quantitative estimate of drug-likeness (QED) is 0.787. The van der Waals surface area contributed by atoms with Crippen LogP contribution in [0.2, 0.25) is 0 Å². The molecule has 4 nitrogen and oxygen atoms in total. The van der Waals surface area contributed by atoms with Gasteiger partial charge >= 0.3 is 6.09 Å². The van der Waals surface area contributed by atoms with Crippen molar-refractivity contribution in [3.05, 3.63) is 0 Å². The lowest BCUT2D eigenvalue weighted by atomic mass is 9.80. The van der Waals surface area contributed by atoms with E-state index in [1.807, 2.05) is 20.8 Å². The molecule has 0 aromatic rings. The molecule has 2 aliphatic rings. The number of alkyl carbamates (subject to hydrolysis) is 1. The molecular weight excluding hydrogens is 230 g/mol. The summed E-state index contributed by atoms with van der Waals surface area (Å²) in [6.07, 6.45) is 6.39. The van der Waals surface area contributed by atoms with Gasteiger partial charge in [-0.3, -0.25) is 0 Å². The average molecular weight is 253 g/mol. The lowest BCUT2D eigenvalue weighted by Gasteiger charge is -2.36. The zero-order valence-corrected chi connectivity index (χ0v) is 11.5. The second kappa shape index (κ2) is 4.25. The summed E-state index contributed by atoms with van der Waals surface area (Å²) in [6, 6.07) is 0. The Hall–Kier alpha value is -1.06. The van der Waals surface area contributed by atoms with E-state index in [0.717, 1.165) is 44.8 Å². The average Bonchev–Trinajstić information content (AvgIpc) is 2.92.